The SMILES string of the molecule is CNC(=O)c1cc(SCCS(N)(=O)=O)ccn1. The maximum atomic E-state index is 11.3. The van der Waals surface area contributed by atoms with E-state index in [9.17, 15) is 13.2 Å². The number of primary sulfonamides is 1. The molecule has 0 radical (unpaired) electrons. The number of nitrogens with zero attached hydrogens (tertiary/aromatic N) is 1. The van der Waals surface area contributed by atoms with E-state index in [0.29, 0.717) is 11.4 Å². The Kier molecular flexibility index (Phi) is 4.91. The van der Waals surface area contributed by atoms with Gasteiger partial charge in [0.1, 0.15) is 5.69 Å². The molecule has 17 heavy (non-hydrogen) atoms. The second-order valence-electron chi connectivity index (χ2n) is 3.17. The van der Waals surface area contributed by atoms with Crippen LogP contribution in [0.15, 0.2) is 23.2 Å². The fourth-order valence-electron chi connectivity index (χ4n) is 1.03. The maximum Gasteiger partial charge on any atom is 0.269 e. The number of hydrogen-bond acceptors (Lipinski definition) is 5. The van der Waals surface area contributed by atoms with E-state index in [2.05, 4.69) is 10.3 Å². The van der Waals surface area contributed by atoms with Crippen LogP contribution in [0.1, 0.15) is 10.5 Å². The third-order valence-corrected chi connectivity index (χ3v) is 3.85. The van der Waals surface area contributed by atoms with Crippen LogP contribution < -0.4 is 10.5 Å². The van der Waals surface area contributed by atoms with Crippen LogP contribution in [-0.2, 0) is 10.0 Å². The summed E-state index contributed by atoms with van der Waals surface area (Å²) in [5, 5.41) is 7.34. The van der Waals surface area contributed by atoms with Crippen molar-refractivity contribution in [2.45, 2.75) is 4.90 Å². The summed E-state index contributed by atoms with van der Waals surface area (Å²) in [6, 6.07) is 3.31. The average Bonchev–Trinajstić information content (AvgIpc) is 2.27. The zero-order valence-electron chi connectivity index (χ0n) is 9.21. The summed E-state index contributed by atoms with van der Waals surface area (Å²) in [5.74, 6) is -0.0374. The Hall–Kier alpha value is -1.12. The zero-order valence-corrected chi connectivity index (χ0v) is 10.8. The highest BCUT2D eigenvalue weighted by Crippen LogP contribution is 2.17. The molecule has 0 bridgehead atoms. The Morgan fingerprint density at radius 3 is 2.88 bits per heavy atom. The average molecular weight is 275 g/mol. The fourth-order valence-corrected chi connectivity index (χ4v) is 2.88. The number of nitrogens with one attached hydrogen (secondary N) is 1. The van der Waals surface area contributed by atoms with Gasteiger partial charge in [0.15, 0.2) is 0 Å². The zero-order chi connectivity index (χ0) is 12.9. The Labute approximate surface area is 104 Å². The van der Waals surface area contributed by atoms with Crippen LogP contribution in [0.4, 0.5) is 0 Å². The molecule has 1 amide bonds. The van der Waals surface area contributed by atoms with Crippen LogP contribution in [0.25, 0.3) is 0 Å². The van der Waals surface area contributed by atoms with Gasteiger partial charge in [-0.15, -0.1) is 11.8 Å². The molecular formula is C9H13N3O3S2. The largest absolute Gasteiger partial charge is 0.354 e. The van der Waals surface area contributed by atoms with Crippen molar-refractivity contribution in [2.24, 2.45) is 5.14 Å². The lowest BCUT2D eigenvalue weighted by Gasteiger charge is -2.03. The van der Waals surface area contributed by atoms with Gasteiger partial charge in [0, 0.05) is 23.9 Å². The summed E-state index contributed by atoms with van der Waals surface area (Å²) in [5.41, 5.74) is 0.299. The summed E-state index contributed by atoms with van der Waals surface area (Å²) in [6.07, 6.45) is 1.50. The topological polar surface area (TPSA) is 102 Å². The van der Waals surface area contributed by atoms with Gasteiger partial charge in [0.2, 0.25) is 10.0 Å². The van der Waals surface area contributed by atoms with Crippen LogP contribution in [0.2, 0.25) is 0 Å². The number of rotatable bonds is 5. The minimum Gasteiger partial charge on any atom is -0.354 e. The molecule has 0 aliphatic heterocycles. The molecule has 0 aromatic carbocycles. The molecule has 1 aromatic rings. The molecule has 1 aromatic heterocycles. The first kappa shape index (κ1) is 13.9. The number of carbonyl (C=O) groups excluding carboxylic acids is 1. The number of thioether (sulfide) groups is 1. The lowest BCUT2D eigenvalue weighted by molar-refractivity contribution is 0.0958. The van der Waals surface area contributed by atoms with E-state index < -0.39 is 10.0 Å². The Morgan fingerprint density at radius 1 is 1.59 bits per heavy atom. The number of carbonyl (C=O) groups is 1. The quantitative estimate of drug-likeness (QED) is 0.726. The molecule has 0 aliphatic rings. The lowest BCUT2D eigenvalue weighted by Crippen LogP contribution is -2.19. The molecule has 94 valence electrons. The highest BCUT2D eigenvalue weighted by atomic mass is 32.2. The van der Waals surface area contributed by atoms with Gasteiger partial charge in [0.05, 0.1) is 5.75 Å². The van der Waals surface area contributed by atoms with Crippen LogP contribution in [-0.4, -0.2) is 37.9 Å². The van der Waals surface area contributed by atoms with E-state index in [4.69, 9.17) is 5.14 Å². The van der Waals surface area contributed by atoms with Gasteiger partial charge in [-0.05, 0) is 12.1 Å². The number of hydrogen-bond donors (Lipinski definition) is 2. The highest BCUT2D eigenvalue weighted by Gasteiger charge is 2.07. The molecule has 1 heterocycles. The van der Waals surface area contributed by atoms with E-state index in [-0.39, 0.29) is 11.7 Å². The van der Waals surface area contributed by atoms with E-state index in [1.807, 2.05) is 0 Å². The van der Waals surface area contributed by atoms with E-state index >= 15 is 0 Å². The van der Waals surface area contributed by atoms with Gasteiger partial charge >= 0.3 is 0 Å². The van der Waals surface area contributed by atoms with Crippen molar-refractivity contribution in [3.8, 4) is 0 Å². The summed E-state index contributed by atoms with van der Waals surface area (Å²) in [7, 11) is -1.92. The number of nitrogens with two attached hydrogens (primary N) is 1. The summed E-state index contributed by atoms with van der Waals surface area (Å²) in [6.45, 7) is 0. The Bertz CT molecular complexity index is 502. The molecule has 0 atom stereocenters. The molecule has 0 fully saturated rings. The second-order valence-corrected chi connectivity index (χ2v) is 6.07. The van der Waals surface area contributed by atoms with E-state index in [1.165, 1.54) is 25.0 Å². The van der Waals surface area contributed by atoms with Gasteiger partial charge < -0.3 is 5.32 Å². The Balaban J connectivity index is 2.63. The van der Waals surface area contributed by atoms with Gasteiger partial charge in [-0.3, -0.25) is 9.78 Å². The summed E-state index contributed by atoms with van der Waals surface area (Å²) >= 11 is 1.31. The standard InChI is InChI=1S/C9H13N3O3S2/c1-11-9(13)8-6-7(2-3-12-8)16-4-5-17(10,14)15/h2-3,6H,4-5H2,1H3,(H,11,13)(H2,10,14,15). The second kappa shape index (κ2) is 5.99. The lowest BCUT2D eigenvalue weighted by atomic mass is 10.3. The predicted molar refractivity (Wildman–Crippen MR) is 66.3 cm³/mol. The molecule has 3 N–H and O–H groups in total. The summed E-state index contributed by atoms with van der Waals surface area (Å²) < 4.78 is 21.5. The first-order chi connectivity index (χ1) is 7.92. The van der Waals surface area contributed by atoms with Crippen molar-refractivity contribution in [3.05, 3.63) is 24.0 Å². The van der Waals surface area contributed by atoms with Gasteiger partial charge in [0.25, 0.3) is 5.91 Å². The minimum absolute atomic E-state index is 0.102. The van der Waals surface area contributed by atoms with Gasteiger partial charge in [-0.1, -0.05) is 0 Å². The molecule has 0 saturated carbocycles. The molecule has 1 rings (SSSR count). The molecule has 6 nitrogen and oxygen atoms in total. The van der Waals surface area contributed by atoms with Crippen molar-refractivity contribution in [1.82, 2.24) is 10.3 Å². The van der Waals surface area contributed by atoms with Crippen molar-refractivity contribution in [3.63, 3.8) is 0 Å². The number of amides is 1. The first-order valence-corrected chi connectivity index (χ1v) is 7.44. The third kappa shape index (κ3) is 5.16. The van der Waals surface area contributed by atoms with Crippen LogP contribution in [0, 0.1) is 0 Å². The van der Waals surface area contributed by atoms with Crippen molar-refractivity contribution in [1.29, 1.82) is 0 Å². The molecule has 0 unspecified atom stereocenters. The van der Waals surface area contributed by atoms with E-state index in [1.54, 1.807) is 12.1 Å². The fraction of sp³-hybridized carbons (Fsp3) is 0.333. The number of aromatic nitrogens is 1. The molecular weight excluding hydrogens is 262 g/mol. The van der Waals surface area contributed by atoms with Gasteiger partial charge in [-0.2, -0.15) is 0 Å². The Morgan fingerprint density at radius 2 is 2.29 bits per heavy atom. The van der Waals surface area contributed by atoms with Crippen LogP contribution >= 0.6 is 11.8 Å². The number of pyridine rings is 1. The normalized spacial score (nSPS) is 11.2. The van der Waals surface area contributed by atoms with Crippen LogP contribution in [0.5, 0.6) is 0 Å². The molecule has 0 aliphatic carbocycles. The minimum atomic E-state index is -3.44. The third-order valence-electron chi connectivity index (χ3n) is 1.83. The van der Waals surface area contributed by atoms with Gasteiger partial charge in [-0.25, -0.2) is 13.6 Å². The smallest absolute Gasteiger partial charge is 0.269 e. The monoisotopic (exact) mass is 275 g/mol. The molecule has 0 saturated heterocycles. The maximum absolute atomic E-state index is 11.3. The predicted octanol–water partition coefficient (Wildman–Crippen LogP) is -0.178. The first-order valence-electron chi connectivity index (χ1n) is 4.74. The van der Waals surface area contributed by atoms with Crippen molar-refractivity contribution in [2.75, 3.05) is 18.6 Å². The summed E-state index contributed by atoms with van der Waals surface area (Å²) in [4.78, 5) is 16.0. The van der Waals surface area contributed by atoms with Crippen molar-refractivity contribution >= 4 is 27.7 Å². The van der Waals surface area contributed by atoms with Crippen molar-refractivity contribution < 1.29 is 13.2 Å². The molecule has 0 spiro atoms. The van der Waals surface area contributed by atoms with Crippen LogP contribution in [0.3, 0.4) is 0 Å². The number of sulfonamides is 1. The van der Waals surface area contributed by atoms with E-state index in [0.717, 1.165) is 4.90 Å². The molecule has 8 heteroatoms. The highest BCUT2D eigenvalue weighted by molar-refractivity contribution is 8.00.